The van der Waals surface area contributed by atoms with E-state index in [9.17, 15) is 0 Å². The van der Waals surface area contributed by atoms with Crippen molar-refractivity contribution in [3.05, 3.63) is 33.8 Å². The minimum atomic E-state index is 0.0237. The first-order chi connectivity index (χ1) is 8.74. The van der Waals surface area contributed by atoms with Crippen molar-refractivity contribution in [1.29, 1.82) is 0 Å². The third-order valence-corrected chi connectivity index (χ3v) is 3.99. The average molecular weight is 288 g/mol. The van der Waals surface area contributed by atoms with Crippen molar-refractivity contribution in [1.82, 2.24) is 5.32 Å². The molecule has 0 aliphatic carbocycles. The Bertz CT molecular complexity index is 377. The van der Waals surface area contributed by atoms with Gasteiger partial charge in [-0.1, -0.05) is 36.2 Å². The van der Waals surface area contributed by atoms with Crippen LogP contribution in [0.25, 0.3) is 0 Å². The van der Waals surface area contributed by atoms with Gasteiger partial charge in [-0.2, -0.15) is 0 Å². The van der Waals surface area contributed by atoms with Crippen LogP contribution in [0, 0.1) is 5.92 Å². The summed E-state index contributed by atoms with van der Waals surface area (Å²) in [4.78, 5) is 0. The Morgan fingerprint density at radius 3 is 2.72 bits per heavy atom. The molecule has 1 aliphatic rings. The summed E-state index contributed by atoms with van der Waals surface area (Å²) in [6.07, 6.45) is 2.23. The number of rotatable bonds is 5. The lowest BCUT2D eigenvalue weighted by Crippen LogP contribution is -2.25. The standard InChI is InChI=1S/C14H19Cl2NO/c1-2-7-17-9-10-6-8-18-14(10)13-11(15)4-3-5-12(13)16/h3-5,10,14,17H,2,6-9H2,1H3. The Hall–Kier alpha value is -0.280. The van der Waals surface area contributed by atoms with E-state index >= 15 is 0 Å². The predicted octanol–water partition coefficient (Wildman–Crippen LogP) is 4.07. The molecule has 2 rings (SSSR count). The fraction of sp³-hybridized carbons (Fsp3) is 0.571. The number of hydrogen-bond acceptors (Lipinski definition) is 2. The maximum absolute atomic E-state index is 6.25. The van der Waals surface area contributed by atoms with Crippen molar-refractivity contribution in [3.8, 4) is 0 Å². The summed E-state index contributed by atoms with van der Waals surface area (Å²) >= 11 is 12.5. The summed E-state index contributed by atoms with van der Waals surface area (Å²) < 4.78 is 5.84. The van der Waals surface area contributed by atoms with E-state index in [1.54, 1.807) is 0 Å². The van der Waals surface area contributed by atoms with Crippen LogP contribution in [0.5, 0.6) is 0 Å². The van der Waals surface area contributed by atoms with E-state index in [1.165, 1.54) is 0 Å². The van der Waals surface area contributed by atoms with E-state index in [-0.39, 0.29) is 6.10 Å². The monoisotopic (exact) mass is 287 g/mol. The zero-order valence-corrected chi connectivity index (χ0v) is 12.1. The van der Waals surface area contributed by atoms with E-state index in [2.05, 4.69) is 12.2 Å². The molecule has 1 fully saturated rings. The first kappa shape index (κ1) is 14.1. The molecule has 2 nitrogen and oxygen atoms in total. The van der Waals surface area contributed by atoms with Gasteiger partial charge in [-0.3, -0.25) is 0 Å². The summed E-state index contributed by atoms with van der Waals surface area (Å²) in [6.45, 7) is 4.95. The van der Waals surface area contributed by atoms with Gasteiger partial charge in [-0.15, -0.1) is 0 Å². The Labute approximate surface area is 119 Å². The van der Waals surface area contributed by atoms with Gasteiger partial charge in [-0.25, -0.2) is 0 Å². The highest BCUT2D eigenvalue weighted by molar-refractivity contribution is 6.36. The van der Waals surface area contributed by atoms with Crippen molar-refractivity contribution in [3.63, 3.8) is 0 Å². The zero-order chi connectivity index (χ0) is 13.0. The molecule has 4 heteroatoms. The van der Waals surface area contributed by atoms with Gasteiger partial charge in [-0.05, 0) is 31.5 Å². The van der Waals surface area contributed by atoms with Gasteiger partial charge < -0.3 is 10.1 Å². The van der Waals surface area contributed by atoms with E-state index in [4.69, 9.17) is 27.9 Å². The highest BCUT2D eigenvalue weighted by Gasteiger charge is 2.32. The average Bonchev–Trinajstić information content (AvgIpc) is 2.78. The highest BCUT2D eigenvalue weighted by Crippen LogP contribution is 2.41. The van der Waals surface area contributed by atoms with Crippen LogP contribution in [0.4, 0.5) is 0 Å². The van der Waals surface area contributed by atoms with Gasteiger partial charge in [0.1, 0.15) is 0 Å². The molecule has 1 aromatic rings. The van der Waals surface area contributed by atoms with Crippen LogP contribution in [0.15, 0.2) is 18.2 Å². The molecule has 1 aromatic carbocycles. The first-order valence-corrected chi connectivity index (χ1v) is 7.26. The van der Waals surface area contributed by atoms with Gasteiger partial charge in [0.2, 0.25) is 0 Å². The van der Waals surface area contributed by atoms with Crippen LogP contribution in [0.1, 0.15) is 31.4 Å². The second-order valence-corrected chi connectivity index (χ2v) is 5.49. The molecule has 0 spiro atoms. The second-order valence-electron chi connectivity index (χ2n) is 4.68. The molecular formula is C14H19Cl2NO. The van der Waals surface area contributed by atoms with Crippen molar-refractivity contribution in [2.75, 3.05) is 19.7 Å². The maximum Gasteiger partial charge on any atom is 0.0894 e. The lowest BCUT2D eigenvalue weighted by Gasteiger charge is -2.21. The van der Waals surface area contributed by atoms with Crippen molar-refractivity contribution in [2.24, 2.45) is 5.92 Å². The molecule has 1 heterocycles. The summed E-state index contributed by atoms with van der Waals surface area (Å²) in [5.41, 5.74) is 0.946. The Morgan fingerprint density at radius 2 is 2.06 bits per heavy atom. The minimum Gasteiger partial charge on any atom is -0.373 e. The van der Waals surface area contributed by atoms with E-state index in [1.807, 2.05) is 18.2 Å². The molecule has 0 radical (unpaired) electrons. The third-order valence-electron chi connectivity index (χ3n) is 3.33. The fourth-order valence-corrected chi connectivity index (χ4v) is 3.02. The molecule has 18 heavy (non-hydrogen) atoms. The molecule has 0 saturated carbocycles. The van der Waals surface area contributed by atoms with E-state index < -0.39 is 0 Å². The quantitative estimate of drug-likeness (QED) is 0.825. The summed E-state index contributed by atoms with van der Waals surface area (Å²) in [7, 11) is 0. The highest BCUT2D eigenvalue weighted by atomic mass is 35.5. The van der Waals surface area contributed by atoms with Crippen LogP contribution in [0.3, 0.4) is 0 Å². The van der Waals surface area contributed by atoms with Crippen LogP contribution in [-0.4, -0.2) is 19.7 Å². The van der Waals surface area contributed by atoms with E-state index in [0.29, 0.717) is 16.0 Å². The SMILES string of the molecule is CCCNCC1CCOC1c1c(Cl)cccc1Cl. The minimum absolute atomic E-state index is 0.0237. The van der Waals surface area contributed by atoms with Crippen molar-refractivity contribution in [2.45, 2.75) is 25.9 Å². The number of benzene rings is 1. The predicted molar refractivity (Wildman–Crippen MR) is 76.4 cm³/mol. The number of hydrogen-bond donors (Lipinski definition) is 1. The van der Waals surface area contributed by atoms with Crippen molar-refractivity contribution >= 4 is 23.2 Å². The lowest BCUT2D eigenvalue weighted by atomic mass is 9.95. The number of ether oxygens (including phenoxy) is 1. The molecule has 2 atom stereocenters. The third kappa shape index (κ3) is 3.18. The van der Waals surface area contributed by atoms with Gasteiger partial charge in [0.05, 0.1) is 6.10 Å². The van der Waals surface area contributed by atoms with Crippen LogP contribution in [-0.2, 0) is 4.74 Å². The topological polar surface area (TPSA) is 21.3 Å². The first-order valence-electron chi connectivity index (χ1n) is 6.50. The van der Waals surface area contributed by atoms with Gasteiger partial charge >= 0.3 is 0 Å². The second kappa shape index (κ2) is 6.76. The smallest absolute Gasteiger partial charge is 0.0894 e. The van der Waals surface area contributed by atoms with Gasteiger partial charge in [0, 0.05) is 34.7 Å². The maximum atomic E-state index is 6.25. The molecule has 2 unspecified atom stereocenters. The summed E-state index contributed by atoms with van der Waals surface area (Å²) in [6, 6.07) is 5.62. The Balaban J connectivity index is 2.11. The van der Waals surface area contributed by atoms with Crippen LogP contribution < -0.4 is 5.32 Å². The number of halogens is 2. The van der Waals surface area contributed by atoms with Gasteiger partial charge in [0.15, 0.2) is 0 Å². The fourth-order valence-electron chi connectivity index (χ4n) is 2.41. The molecule has 1 N–H and O–H groups in total. The Morgan fingerprint density at radius 1 is 1.33 bits per heavy atom. The molecule has 1 aliphatic heterocycles. The van der Waals surface area contributed by atoms with Crippen LogP contribution in [0.2, 0.25) is 10.0 Å². The largest absolute Gasteiger partial charge is 0.373 e. The molecule has 0 bridgehead atoms. The molecule has 100 valence electrons. The lowest BCUT2D eigenvalue weighted by molar-refractivity contribution is 0.0907. The number of nitrogens with one attached hydrogen (secondary N) is 1. The summed E-state index contributed by atoms with van der Waals surface area (Å²) in [5.74, 6) is 0.453. The van der Waals surface area contributed by atoms with Crippen LogP contribution >= 0.6 is 23.2 Å². The van der Waals surface area contributed by atoms with Crippen molar-refractivity contribution < 1.29 is 4.74 Å². The van der Waals surface area contributed by atoms with E-state index in [0.717, 1.165) is 38.1 Å². The molecule has 0 amide bonds. The molecule has 0 aromatic heterocycles. The molecule has 1 saturated heterocycles. The summed E-state index contributed by atoms with van der Waals surface area (Å²) in [5, 5.41) is 4.86. The Kier molecular flexibility index (Phi) is 5.31. The van der Waals surface area contributed by atoms with Gasteiger partial charge in [0.25, 0.3) is 0 Å². The molecular weight excluding hydrogens is 269 g/mol. The normalized spacial score (nSPS) is 23.5. The zero-order valence-electron chi connectivity index (χ0n) is 10.6.